The molecule has 1 amide bonds. The number of halogens is 4. The predicted octanol–water partition coefficient (Wildman–Crippen LogP) is 6.84. The van der Waals surface area contributed by atoms with Crippen LogP contribution in [0.5, 0.6) is 0 Å². The number of carbonyl (C=O) groups excluding carboxylic acids is 1. The molecule has 4 aromatic rings. The summed E-state index contributed by atoms with van der Waals surface area (Å²) in [5.41, 5.74) is 1.14. The number of aromatic nitrogens is 2. The molecule has 8 nitrogen and oxygen atoms in total. The van der Waals surface area contributed by atoms with E-state index in [9.17, 15) is 26.4 Å². The molecule has 1 saturated heterocycles. The summed E-state index contributed by atoms with van der Waals surface area (Å²) in [6.07, 6.45) is 3.18. The van der Waals surface area contributed by atoms with Gasteiger partial charge in [-0.3, -0.25) is 4.79 Å². The summed E-state index contributed by atoms with van der Waals surface area (Å²) >= 11 is 6.32. The van der Waals surface area contributed by atoms with Gasteiger partial charge in [-0.25, -0.2) is 18.4 Å². The van der Waals surface area contributed by atoms with Crippen LogP contribution in [0.1, 0.15) is 39.9 Å². The molecule has 5 rings (SSSR count). The fraction of sp³-hybridized carbons (Fsp3) is 0.194. The van der Waals surface area contributed by atoms with Crippen LogP contribution in [0.3, 0.4) is 0 Å². The highest BCUT2D eigenvalue weighted by Gasteiger charge is 2.31. The molecule has 44 heavy (non-hydrogen) atoms. The van der Waals surface area contributed by atoms with Gasteiger partial charge in [-0.05, 0) is 92.2 Å². The lowest BCUT2D eigenvalue weighted by atomic mass is 10.1. The summed E-state index contributed by atoms with van der Waals surface area (Å²) in [7, 11) is -3.39. The van der Waals surface area contributed by atoms with Crippen molar-refractivity contribution in [1.82, 2.24) is 15.3 Å². The molecule has 0 unspecified atom stereocenters. The maximum Gasteiger partial charge on any atom is 0.416 e. The van der Waals surface area contributed by atoms with E-state index in [-0.39, 0.29) is 15.7 Å². The largest absolute Gasteiger partial charge is 0.416 e. The summed E-state index contributed by atoms with van der Waals surface area (Å²) in [6.45, 7) is 1.38. The predicted molar refractivity (Wildman–Crippen MR) is 165 cm³/mol. The highest BCUT2D eigenvalue weighted by Crippen LogP contribution is 2.30. The molecular weight excluding hydrogens is 615 g/mol. The second-order valence-electron chi connectivity index (χ2n) is 10.1. The lowest BCUT2D eigenvalue weighted by Gasteiger charge is -2.22. The van der Waals surface area contributed by atoms with Crippen LogP contribution >= 0.6 is 11.6 Å². The standard InChI is InChI=1S/C31H27ClF3N5O3S/c32-28-11-8-25(39-29(41)22-2-1-3-23(16-22)31(33,34)35)17-21(28)5-4-20-18-37-30(38-19-20)40-24-6-9-26(10-7-24)44(42,43)27-12-14-36-15-13-27/h1-11,16-19,27,36H,12-15H2,(H,39,41)(H,37,38,40)/b5-4+. The van der Waals surface area contributed by atoms with Crippen LogP contribution in [0.25, 0.3) is 12.2 Å². The third-order valence-corrected chi connectivity index (χ3v) is 9.62. The van der Waals surface area contributed by atoms with Crippen molar-refractivity contribution in [2.24, 2.45) is 0 Å². The minimum absolute atomic E-state index is 0.129. The van der Waals surface area contributed by atoms with Gasteiger partial charge in [-0.1, -0.05) is 29.8 Å². The molecular formula is C31H27ClF3N5O3S. The number of carbonyl (C=O) groups is 1. The first-order valence-electron chi connectivity index (χ1n) is 13.6. The van der Waals surface area contributed by atoms with E-state index in [2.05, 4.69) is 25.9 Å². The summed E-state index contributed by atoms with van der Waals surface area (Å²) in [5.74, 6) is -0.378. The number of piperidine rings is 1. The quantitative estimate of drug-likeness (QED) is 0.193. The van der Waals surface area contributed by atoms with Gasteiger partial charge in [0.25, 0.3) is 5.91 Å². The Morgan fingerprint density at radius 3 is 2.30 bits per heavy atom. The lowest BCUT2D eigenvalue weighted by molar-refractivity contribution is -0.137. The number of anilines is 3. The summed E-state index contributed by atoms with van der Waals surface area (Å²) in [5, 5.41) is 8.83. The number of benzene rings is 3. The summed E-state index contributed by atoms with van der Waals surface area (Å²) in [6, 6.07) is 15.4. The van der Waals surface area contributed by atoms with E-state index >= 15 is 0 Å². The second-order valence-corrected chi connectivity index (χ2v) is 12.7. The van der Waals surface area contributed by atoms with Crippen molar-refractivity contribution in [3.8, 4) is 0 Å². The van der Waals surface area contributed by atoms with Gasteiger partial charge in [0.1, 0.15) is 0 Å². The lowest BCUT2D eigenvalue weighted by Crippen LogP contribution is -2.35. The Morgan fingerprint density at radius 1 is 0.932 bits per heavy atom. The molecule has 13 heteroatoms. The van der Waals surface area contributed by atoms with Gasteiger partial charge in [-0.2, -0.15) is 13.2 Å². The van der Waals surface area contributed by atoms with Crippen LogP contribution in [-0.2, 0) is 16.0 Å². The van der Waals surface area contributed by atoms with Gasteiger partial charge in [0.15, 0.2) is 9.84 Å². The number of sulfone groups is 1. The van der Waals surface area contributed by atoms with E-state index in [1.54, 1.807) is 67.0 Å². The van der Waals surface area contributed by atoms with Crippen LogP contribution < -0.4 is 16.0 Å². The number of nitrogens with one attached hydrogen (secondary N) is 3. The molecule has 1 aliphatic rings. The first-order valence-corrected chi connectivity index (χ1v) is 15.5. The normalized spacial score (nSPS) is 14.5. The van der Waals surface area contributed by atoms with Crippen molar-refractivity contribution in [1.29, 1.82) is 0 Å². The van der Waals surface area contributed by atoms with Crippen LogP contribution in [-0.4, -0.2) is 42.6 Å². The maximum absolute atomic E-state index is 13.0. The van der Waals surface area contributed by atoms with E-state index in [0.29, 0.717) is 59.4 Å². The second kappa shape index (κ2) is 13.2. The summed E-state index contributed by atoms with van der Waals surface area (Å²) < 4.78 is 64.9. The minimum Gasteiger partial charge on any atom is -0.324 e. The molecule has 0 saturated carbocycles. The Hall–Kier alpha value is -4.26. The number of rotatable bonds is 8. The first-order chi connectivity index (χ1) is 21.0. The molecule has 2 heterocycles. The van der Waals surface area contributed by atoms with Crippen LogP contribution in [0, 0.1) is 0 Å². The maximum atomic E-state index is 13.0. The minimum atomic E-state index is -4.56. The Bertz CT molecular complexity index is 1770. The highest BCUT2D eigenvalue weighted by molar-refractivity contribution is 7.92. The van der Waals surface area contributed by atoms with E-state index in [1.807, 2.05) is 0 Å². The van der Waals surface area contributed by atoms with Gasteiger partial charge in [0.2, 0.25) is 5.95 Å². The zero-order chi connectivity index (χ0) is 31.3. The number of alkyl halides is 3. The SMILES string of the molecule is O=C(Nc1ccc(Cl)c(/C=C/c2cnc(Nc3ccc(S(=O)(=O)C4CCNCC4)cc3)nc2)c1)c1cccc(C(F)(F)F)c1. The fourth-order valence-corrected chi connectivity index (χ4v) is 6.56. The van der Waals surface area contributed by atoms with E-state index in [4.69, 9.17) is 11.6 Å². The van der Waals surface area contributed by atoms with Gasteiger partial charge >= 0.3 is 6.18 Å². The summed E-state index contributed by atoms with van der Waals surface area (Å²) in [4.78, 5) is 21.5. The molecule has 3 N–H and O–H groups in total. The average Bonchev–Trinajstić information content (AvgIpc) is 3.02. The third-order valence-electron chi connectivity index (χ3n) is 7.00. The van der Waals surface area contributed by atoms with Crippen LogP contribution in [0.15, 0.2) is 84.0 Å². The molecule has 1 fully saturated rings. The van der Waals surface area contributed by atoms with Gasteiger partial charge in [0, 0.05) is 39.9 Å². The zero-order valence-corrected chi connectivity index (χ0v) is 24.7. The Kier molecular flexibility index (Phi) is 9.33. The molecule has 228 valence electrons. The van der Waals surface area contributed by atoms with Gasteiger partial charge < -0.3 is 16.0 Å². The molecule has 0 spiro atoms. The van der Waals surface area contributed by atoms with Crippen molar-refractivity contribution in [2.45, 2.75) is 29.2 Å². The zero-order valence-electron chi connectivity index (χ0n) is 23.1. The van der Waals surface area contributed by atoms with E-state index in [1.165, 1.54) is 12.1 Å². The Balaban J connectivity index is 1.21. The molecule has 1 aromatic heterocycles. The van der Waals surface area contributed by atoms with Crippen LogP contribution in [0.4, 0.5) is 30.5 Å². The Labute approximate surface area is 257 Å². The molecule has 0 bridgehead atoms. The van der Waals surface area contributed by atoms with Crippen molar-refractivity contribution in [2.75, 3.05) is 23.7 Å². The Morgan fingerprint density at radius 2 is 1.61 bits per heavy atom. The molecule has 0 aliphatic carbocycles. The smallest absolute Gasteiger partial charge is 0.324 e. The molecule has 0 atom stereocenters. The monoisotopic (exact) mass is 641 g/mol. The van der Waals surface area contributed by atoms with Crippen LogP contribution in [0.2, 0.25) is 5.02 Å². The number of hydrogen-bond donors (Lipinski definition) is 3. The molecule has 3 aromatic carbocycles. The van der Waals surface area contributed by atoms with Gasteiger partial charge in [0.05, 0.1) is 15.7 Å². The van der Waals surface area contributed by atoms with Gasteiger partial charge in [-0.15, -0.1) is 0 Å². The van der Waals surface area contributed by atoms with Crippen molar-refractivity contribution in [3.05, 3.63) is 106 Å². The fourth-order valence-electron chi connectivity index (χ4n) is 4.62. The number of nitrogens with zero attached hydrogens (tertiary/aromatic N) is 2. The van der Waals surface area contributed by atoms with Crippen molar-refractivity contribution < 1.29 is 26.4 Å². The van der Waals surface area contributed by atoms with E-state index < -0.39 is 27.5 Å². The molecule has 0 radical (unpaired) electrons. The number of amides is 1. The van der Waals surface area contributed by atoms with E-state index in [0.717, 1.165) is 12.1 Å². The van der Waals surface area contributed by atoms with Crippen molar-refractivity contribution in [3.63, 3.8) is 0 Å². The topological polar surface area (TPSA) is 113 Å². The van der Waals surface area contributed by atoms with Crippen molar-refractivity contribution >= 4 is 56.8 Å². The first kappa shape index (κ1) is 31.2. The average molecular weight is 642 g/mol. The third kappa shape index (κ3) is 7.62. The highest BCUT2D eigenvalue weighted by atomic mass is 35.5. The molecule has 1 aliphatic heterocycles. The number of hydrogen-bond acceptors (Lipinski definition) is 7.